The quantitative estimate of drug-likeness (QED) is 0.655. The van der Waals surface area contributed by atoms with Crippen molar-refractivity contribution in [1.29, 1.82) is 0 Å². The summed E-state index contributed by atoms with van der Waals surface area (Å²) in [4.78, 5) is 2.40. The van der Waals surface area contributed by atoms with Crippen LogP contribution in [0.3, 0.4) is 0 Å². The molecule has 1 atom stereocenters. The molecule has 3 nitrogen and oxygen atoms in total. The number of nitrogens with zero attached hydrogens (tertiary/aromatic N) is 1. The highest BCUT2D eigenvalue weighted by molar-refractivity contribution is 5.00. The number of aliphatic hydroxyl groups is 1. The number of hydrogen-bond donors (Lipinski definition) is 2. The molecule has 0 aromatic rings. The maximum Gasteiger partial charge on any atom is 0.0626 e. The first kappa shape index (κ1) is 9.44. The van der Waals surface area contributed by atoms with Crippen LogP contribution in [0.25, 0.3) is 0 Å². The molecule has 1 saturated carbocycles. The maximum atomic E-state index is 9.30. The van der Waals surface area contributed by atoms with Crippen molar-refractivity contribution >= 4 is 0 Å². The Labute approximate surface area is 79.9 Å². The smallest absolute Gasteiger partial charge is 0.0626 e. The van der Waals surface area contributed by atoms with E-state index >= 15 is 0 Å². The first-order valence-corrected chi connectivity index (χ1v) is 5.37. The standard InChI is InChI=1S/C10H20N2O/c11-10(8-13,9-3-4-9)7-12-5-1-2-6-12/h9,13H,1-8,11H2. The van der Waals surface area contributed by atoms with E-state index in [1.807, 2.05) is 0 Å². The summed E-state index contributed by atoms with van der Waals surface area (Å²) in [5, 5.41) is 9.30. The van der Waals surface area contributed by atoms with Crippen molar-refractivity contribution in [3.8, 4) is 0 Å². The van der Waals surface area contributed by atoms with Gasteiger partial charge < -0.3 is 15.7 Å². The molecule has 1 saturated heterocycles. The van der Waals surface area contributed by atoms with Gasteiger partial charge in [0, 0.05) is 6.54 Å². The predicted octanol–water partition coefficient (Wildman–Crippen LogP) is 0.182. The molecule has 1 aliphatic carbocycles. The molecule has 1 aliphatic heterocycles. The number of aliphatic hydroxyl groups excluding tert-OH is 1. The third kappa shape index (κ3) is 2.03. The third-order valence-corrected chi connectivity index (χ3v) is 3.40. The van der Waals surface area contributed by atoms with E-state index < -0.39 is 0 Å². The van der Waals surface area contributed by atoms with Gasteiger partial charge in [0.15, 0.2) is 0 Å². The van der Waals surface area contributed by atoms with Crippen LogP contribution in [0.4, 0.5) is 0 Å². The molecule has 3 N–H and O–H groups in total. The first-order valence-electron chi connectivity index (χ1n) is 5.37. The van der Waals surface area contributed by atoms with Gasteiger partial charge in [-0.2, -0.15) is 0 Å². The van der Waals surface area contributed by atoms with Crippen LogP contribution in [0, 0.1) is 5.92 Å². The summed E-state index contributed by atoms with van der Waals surface area (Å²) < 4.78 is 0. The van der Waals surface area contributed by atoms with Crippen LogP contribution in [0.1, 0.15) is 25.7 Å². The number of hydrogen-bond acceptors (Lipinski definition) is 3. The van der Waals surface area contributed by atoms with E-state index in [1.165, 1.54) is 38.8 Å². The molecule has 0 aromatic carbocycles. The van der Waals surface area contributed by atoms with Crippen molar-refractivity contribution in [1.82, 2.24) is 4.90 Å². The lowest BCUT2D eigenvalue weighted by Crippen LogP contribution is -2.54. The second-order valence-corrected chi connectivity index (χ2v) is 4.65. The topological polar surface area (TPSA) is 49.5 Å². The Kier molecular flexibility index (Phi) is 2.58. The van der Waals surface area contributed by atoms with Gasteiger partial charge in [0.2, 0.25) is 0 Å². The Bertz CT molecular complexity index is 176. The zero-order chi connectivity index (χ0) is 9.31. The molecule has 0 amide bonds. The van der Waals surface area contributed by atoms with E-state index in [2.05, 4.69) is 4.90 Å². The van der Waals surface area contributed by atoms with Crippen LogP contribution in [0.5, 0.6) is 0 Å². The lowest BCUT2D eigenvalue weighted by atomic mass is 9.95. The minimum atomic E-state index is -0.301. The lowest BCUT2D eigenvalue weighted by Gasteiger charge is -2.32. The van der Waals surface area contributed by atoms with Crippen LogP contribution in [0.2, 0.25) is 0 Å². The molecule has 0 aromatic heterocycles. The fourth-order valence-corrected chi connectivity index (χ4v) is 2.32. The van der Waals surface area contributed by atoms with Crippen LogP contribution in [0.15, 0.2) is 0 Å². The zero-order valence-corrected chi connectivity index (χ0v) is 8.21. The molecule has 0 radical (unpaired) electrons. The summed E-state index contributed by atoms with van der Waals surface area (Å²) in [6.45, 7) is 3.39. The van der Waals surface area contributed by atoms with Crippen LogP contribution < -0.4 is 5.73 Å². The van der Waals surface area contributed by atoms with Crippen molar-refractivity contribution in [2.75, 3.05) is 26.2 Å². The van der Waals surface area contributed by atoms with Gasteiger partial charge >= 0.3 is 0 Å². The SMILES string of the molecule is NC(CO)(CN1CCCC1)C1CC1. The average Bonchev–Trinajstić information content (AvgIpc) is 2.88. The van der Waals surface area contributed by atoms with Crippen molar-refractivity contribution in [3.63, 3.8) is 0 Å². The van der Waals surface area contributed by atoms with E-state index in [0.717, 1.165) is 6.54 Å². The molecule has 3 heteroatoms. The molecule has 1 heterocycles. The van der Waals surface area contributed by atoms with E-state index in [1.54, 1.807) is 0 Å². The summed E-state index contributed by atoms with van der Waals surface area (Å²) in [5.41, 5.74) is 5.89. The second-order valence-electron chi connectivity index (χ2n) is 4.65. The second kappa shape index (κ2) is 3.56. The maximum absolute atomic E-state index is 9.30. The van der Waals surface area contributed by atoms with Crippen LogP contribution in [-0.4, -0.2) is 41.8 Å². The van der Waals surface area contributed by atoms with Gasteiger partial charge in [-0.25, -0.2) is 0 Å². The predicted molar refractivity (Wildman–Crippen MR) is 52.4 cm³/mol. The Morgan fingerprint density at radius 2 is 1.92 bits per heavy atom. The van der Waals surface area contributed by atoms with Crippen LogP contribution in [-0.2, 0) is 0 Å². The molecule has 2 fully saturated rings. The molecular formula is C10H20N2O. The highest BCUT2D eigenvalue weighted by Crippen LogP contribution is 2.38. The van der Waals surface area contributed by atoms with E-state index in [-0.39, 0.29) is 12.1 Å². The van der Waals surface area contributed by atoms with E-state index in [0.29, 0.717) is 5.92 Å². The van der Waals surface area contributed by atoms with Gasteiger partial charge in [0.25, 0.3) is 0 Å². The van der Waals surface area contributed by atoms with Crippen molar-refractivity contribution < 1.29 is 5.11 Å². The molecular weight excluding hydrogens is 164 g/mol. The minimum absolute atomic E-state index is 0.147. The Morgan fingerprint density at radius 1 is 1.31 bits per heavy atom. The first-order chi connectivity index (χ1) is 6.24. The third-order valence-electron chi connectivity index (χ3n) is 3.40. The van der Waals surface area contributed by atoms with Gasteiger partial charge in [0.05, 0.1) is 12.1 Å². The zero-order valence-electron chi connectivity index (χ0n) is 8.21. The van der Waals surface area contributed by atoms with Crippen LogP contribution >= 0.6 is 0 Å². The Hall–Kier alpha value is -0.120. The number of nitrogens with two attached hydrogens (primary N) is 1. The molecule has 1 unspecified atom stereocenters. The summed E-state index contributed by atoms with van der Waals surface area (Å²) in [6, 6.07) is 0. The summed E-state index contributed by atoms with van der Waals surface area (Å²) in [5.74, 6) is 0.582. The van der Waals surface area contributed by atoms with Gasteiger partial charge in [-0.05, 0) is 44.7 Å². The molecule has 13 heavy (non-hydrogen) atoms. The molecule has 0 bridgehead atoms. The van der Waals surface area contributed by atoms with Crippen molar-refractivity contribution in [2.24, 2.45) is 11.7 Å². The average molecular weight is 184 g/mol. The highest BCUT2D eigenvalue weighted by atomic mass is 16.3. The largest absolute Gasteiger partial charge is 0.394 e. The van der Waals surface area contributed by atoms with E-state index in [4.69, 9.17) is 5.73 Å². The Morgan fingerprint density at radius 3 is 2.38 bits per heavy atom. The van der Waals surface area contributed by atoms with E-state index in [9.17, 15) is 5.11 Å². The van der Waals surface area contributed by atoms with Crippen molar-refractivity contribution in [2.45, 2.75) is 31.2 Å². The lowest BCUT2D eigenvalue weighted by molar-refractivity contribution is 0.133. The summed E-state index contributed by atoms with van der Waals surface area (Å²) >= 11 is 0. The summed E-state index contributed by atoms with van der Waals surface area (Å²) in [7, 11) is 0. The monoisotopic (exact) mass is 184 g/mol. The number of rotatable bonds is 4. The van der Waals surface area contributed by atoms with Crippen molar-refractivity contribution in [3.05, 3.63) is 0 Å². The summed E-state index contributed by atoms with van der Waals surface area (Å²) in [6.07, 6.45) is 5.02. The van der Waals surface area contributed by atoms with Gasteiger partial charge in [-0.1, -0.05) is 0 Å². The number of likely N-dealkylation sites (tertiary alicyclic amines) is 1. The molecule has 76 valence electrons. The minimum Gasteiger partial charge on any atom is -0.394 e. The molecule has 2 rings (SSSR count). The fraction of sp³-hybridized carbons (Fsp3) is 1.00. The van der Waals surface area contributed by atoms with Gasteiger partial charge in [-0.3, -0.25) is 0 Å². The normalized spacial score (nSPS) is 29.1. The van der Waals surface area contributed by atoms with Gasteiger partial charge in [0.1, 0.15) is 0 Å². The van der Waals surface area contributed by atoms with Gasteiger partial charge in [-0.15, -0.1) is 0 Å². The highest BCUT2D eigenvalue weighted by Gasteiger charge is 2.42. The molecule has 2 aliphatic rings. The fourth-order valence-electron chi connectivity index (χ4n) is 2.32. The Balaban J connectivity index is 1.88. The molecule has 0 spiro atoms.